The van der Waals surface area contributed by atoms with E-state index < -0.39 is 0 Å². The monoisotopic (exact) mass is 856 g/mol. The minimum atomic E-state index is 0.438. The summed E-state index contributed by atoms with van der Waals surface area (Å²) in [7, 11) is 0. The second-order valence-corrected chi connectivity index (χ2v) is 15.3. The minimum absolute atomic E-state index is 0.438. The van der Waals surface area contributed by atoms with Gasteiger partial charge in [-0.05, 0) is 74.5 Å². The molecule has 0 saturated carbocycles. The first-order chi connectivity index (χ1) is 30.8. The van der Waals surface area contributed by atoms with Crippen LogP contribution >= 0.6 is 0 Å². The molecule has 2 aliphatic rings. The van der Waals surface area contributed by atoms with Crippen molar-refractivity contribution in [3.63, 3.8) is 0 Å². The average molecular weight is 857 g/mol. The van der Waals surface area contributed by atoms with Gasteiger partial charge in [-0.1, -0.05) is 87.1 Å². The molecule has 338 valence electrons. The van der Waals surface area contributed by atoms with Gasteiger partial charge < -0.3 is 47.4 Å². The standard InChI is InChI=1S/C50H68N2O10/c1(3-5-15-25-51-27-31-55-43-17-7-11-21-47(43)59-39-35-53-36-40-60-48-22-12-8-18-44(48)56-32-28-51)2-4-6-16-26-52-29-33-57-45-19-9-13-23-49(45)61-41-37-54-38-42-62-50-24-14-10-20-46(50)58-34-30-52/h7-14,17-24H,1-6,15-16,25-42H2. The lowest BCUT2D eigenvalue weighted by Gasteiger charge is -2.23. The maximum absolute atomic E-state index is 6.23. The van der Waals surface area contributed by atoms with Gasteiger partial charge in [-0.3, -0.25) is 9.80 Å². The quantitative estimate of drug-likeness (QED) is 0.135. The third-order valence-electron chi connectivity index (χ3n) is 10.7. The first-order valence-corrected chi connectivity index (χ1v) is 22.8. The zero-order valence-electron chi connectivity index (χ0n) is 36.6. The first kappa shape index (κ1) is 46.6. The fourth-order valence-electron chi connectivity index (χ4n) is 7.34. The third-order valence-corrected chi connectivity index (χ3v) is 10.7. The lowest BCUT2D eigenvalue weighted by molar-refractivity contribution is 0.0737. The predicted octanol–water partition coefficient (Wildman–Crippen LogP) is 8.60. The van der Waals surface area contributed by atoms with Gasteiger partial charge in [-0.2, -0.15) is 0 Å². The summed E-state index contributed by atoms with van der Waals surface area (Å²) in [4.78, 5) is 4.89. The number of hydrogen-bond donors (Lipinski definition) is 0. The van der Waals surface area contributed by atoms with Gasteiger partial charge in [0.15, 0.2) is 46.0 Å². The molecule has 0 spiro atoms. The fraction of sp³-hybridized carbons (Fsp3) is 0.520. The number of para-hydroxylation sites is 8. The normalized spacial score (nSPS) is 17.1. The van der Waals surface area contributed by atoms with Gasteiger partial charge in [0.1, 0.15) is 52.9 Å². The van der Waals surface area contributed by atoms with E-state index in [1.54, 1.807) is 0 Å². The van der Waals surface area contributed by atoms with Crippen LogP contribution in [0.5, 0.6) is 46.0 Å². The molecule has 2 heterocycles. The Morgan fingerprint density at radius 3 is 0.710 bits per heavy atom. The van der Waals surface area contributed by atoms with Gasteiger partial charge in [-0.25, -0.2) is 0 Å². The number of unbranched alkanes of at least 4 members (excludes halogenated alkanes) is 7. The van der Waals surface area contributed by atoms with Crippen molar-refractivity contribution < 1.29 is 47.4 Å². The molecule has 0 amide bonds. The highest BCUT2D eigenvalue weighted by atomic mass is 16.6. The number of hydrogen-bond acceptors (Lipinski definition) is 12. The van der Waals surface area contributed by atoms with Crippen molar-refractivity contribution in [3.8, 4) is 46.0 Å². The molecule has 0 N–H and O–H groups in total. The van der Waals surface area contributed by atoms with Gasteiger partial charge in [0, 0.05) is 26.2 Å². The van der Waals surface area contributed by atoms with E-state index in [0.717, 1.165) is 98.1 Å². The topological polar surface area (TPSA) is 98.8 Å². The SMILES string of the molecule is c1ccc2c(c1)OCCOCCOc1ccccc1OCCN(CCCCCCCCCCN1CCOc3ccccc3OCCOCCOc3ccccc3OCC1)CCO2. The van der Waals surface area contributed by atoms with Crippen molar-refractivity contribution in [1.29, 1.82) is 0 Å². The van der Waals surface area contributed by atoms with Crippen molar-refractivity contribution in [2.75, 3.05) is 119 Å². The van der Waals surface area contributed by atoms with E-state index in [1.165, 1.54) is 38.5 Å². The summed E-state index contributed by atoms with van der Waals surface area (Å²) >= 11 is 0. The molecule has 62 heavy (non-hydrogen) atoms. The first-order valence-electron chi connectivity index (χ1n) is 22.8. The van der Waals surface area contributed by atoms with Gasteiger partial charge in [0.2, 0.25) is 0 Å². The summed E-state index contributed by atoms with van der Waals surface area (Å²) < 4.78 is 60.4. The fourth-order valence-corrected chi connectivity index (χ4v) is 7.34. The maximum atomic E-state index is 6.23. The molecule has 0 saturated heterocycles. The summed E-state index contributed by atoms with van der Waals surface area (Å²) in [5.74, 6) is 5.96. The molecule has 0 atom stereocenters. The molecule has 0 radical (unpaired) electrons. The highest BCUT2D eigenvalue weighted by molar-refractivity contribution is 5.41. The van der Waals surface area contributed by atoms with Crippen LogP contribution < -0.4 is 37.9 Å². The maximum Gasteiger partial charge on any atom is 0.161 e. The Hall–Kier alpha value is -4.88. The number of rotatable bonds is 11. The Morgan fingerprint density at radius 1 is 0.258 bits per heavy atom. The summed E-state index contributed by atoms with van der Waals surface area (Å²) in [6.07, 6.45) is 9.68. The number of ether oxygens (including phenoxy) is 10. The smallest absolute Gasteiger partial charge is 0.161 e. The van der Waals surface area contributed by atoms with Gasteiger partial charge in [-0.15, -0.1) is 0 Å². The molecule has 12 heteroatoms. The Balaban J connectivity index is 0.906. The van der Waals surface area contributed by atoms with Crippen molar-refractivity contribution in [2.45, 2.75) is 51.4 Å². The molecule has 4 aromatic rings. The van der Waals surface area contributed by atoms with Gasteiger partial charge >= 0.3 is 0 Å². The van der Waals surface area contributed by atoms with Crippen molar-refractivity contribution in [3.05, 3.63) is 97.1 Å². The van der Waals surface area contributed by atoms with Crippen LogP contribution in [-0.2, 0) is 9.47 Å². The molecule has 2 aliphatic heterocycles. The van der Waals surface area contributed by atoms with E-state index in [9.17, 15) is 0 Å². The van der Waals surface area contributed by atoms with E-state index >= 15 is 0 Å². The Kier molecular flexibility index (Phi) is 21.6. The van der Waals surface area contributed by atoms with Crippen LogP contribution in [0.4, 0.5) is 0 Å². The summed E-state index contributed by atoms with van der Waals surface area (Å²) in [6.45, 7) is 11.1. The number of fused-ring (bicyclic) bond motifs is 4. The number of nitrogens with zero attached hydrogens (tertiary/aromatic N) is 2. The van der Waals surface area contributed by atoms with E-state index in [0.29, 0.717) is 79.3 Å². The lowest BCUT2D eigenvalue weighted by Crippen LogP contribution is -2.33. The van der Waals surface area contributed by atoms with Crippen LogP contribution in [0.15, 0.2) is 97.1 Å². The largest absolute Gasteiger partial charge is 0.488 e. The van der Waals surface area contributed by atoms with Crippen LogP contribution in [0.3, 0.4) is 0 Å². The van der Waals surface area contributed by atoms with E-state index in [4.69, 9.17) is 47.4 Å². The van der Waals surface area contributed by atoms with Crippen LogP contribution in [0.25, 0.3) is 0 Å². The molecule has 4 aromatic carbocycles. The zero-order chi connectivity index (χ0) is 42.5. The minimum Gasteiger partial charge on any atom is -0.488 e. The second kappa shape index (κ2) is 28.7. The molecule has 0 bridgehead atoms. The summed E-state index contributed by atoms with van der Waals surface area (Å²) in [6, 6.07) is 31.4. The van der Waals surface area contributed by atoms with E-state index in [2.05, 4.69) is 9.80 Å². The van der Waals surface area contributed by atoms with Crippen LogP contribution in [-0.4, -0.2) is 128 Å². The molecular formula is C50H68N2O10. The molecular weight excluding hydrogens is 789 g/mol. The third kappa shape index (κ3) is 17.5. The zero-order valence-corrected chi connectivity index (χ0v) is 36.6. The highest BCUT2D eigenvalue weighted by Gasteiger charge is 2.13. The number of benzene rings is 4. The van der Waals surface area contributed by atoms with E-state index in [-0.39, 0.29) is 0 Å². The highest BCUT2D eigenvalue weighted by Crippen LogP contribution is 2.29. The van der Waals surface area contributed by atoms with Crippen molar-refractivity contribution >= 4 is 0 Å². The second-order valence-electron chi connectivity index (χ2n) is 15.3. The molecule has 0 aliphatic carbocycles. The van der Waals surface area contributed by atoms with Gasteiger partial charge in [0.05, 0.1) is 26.4 Å². The van der Waals surface area contributed by atoms with Crippen LogP contribution in [0, 0.1) is 0 Å². The van der Waals surface area contributed by atoms with Gasteiger partial charge in [0.25, 0.3) is 0 Å². The Labute approximate surface area is 369 Å². The summed E-state index contributed by atoms with van der Waals surface area (Å²) in [5.41, 5.74) is 0. The molecule has 12 nitrogen and oxygen atoms in total. The lowest BCUT2D eigenvalue weighted by atomic mass is 10.1. The molecule has 0 fully saturated rings. The molecule has 0 aromatic heterocycles. The average Bonchev–Trinajstić information content (AvgIpc) is 3.29. The Morgan fingerprint density at radius 2 is 0.468 bits per heavy atom. The molecule has 0 unspecified atom stereocenters. The Bertz CT molecular complexity index is 1550. The summed E-state index contributed by atoms with van der Waals surface area (Å²) in [5, 5.41) is 0. The van der Waals surface area contributed by atoms with E-state index in [1.807, 2.05) is 97.1 Å². The predicted molar refractivity (Wildman–Crippen MR) is 241 cm³/mol. The van der Waals surface area contributed by atoms with Crippen molar-refractivity contribution in [1.82, 2.24) is 9.80 Å². The van der Waals surface area contributed by atoms with Crippen molar-refractivity contribution in [2.24, 2.45) is 0 Å². The molecule has 6 rings (SSSR count). The van der Waals surface area contributed by atoms with Crippen LogP contribution in [0.1, 0.15) is 51.4 Å². The van der Waals surface area contributed by atoms with Crippen LogP contribution in [0.2, 0.25) is 0 Å².